The van der Waals surface area contributed by atoms with Crippen molar-refractivity contribution in [3.63, 3.8) is 0 Å². The van der Waals surface area contributed by atoms with Crippen LogP contribution in [0, 0.1) is 0 Å². The zero-order valence-electron chi connectivity index (χ0n) is 53.2. The monoisotopic (exact) mass is 1100 g/mol. The predicted molar refractivity (Wildman–Crippen MR) is 343 cm³/mol. The van der Waals surface area contributed by atoms with Gasteiger partial charge in [0.2, 0.25) is 5.91 Å². The molecule has 0 bridgehead atoms. The van der Waals surface area contributed by atoms with Gasteiger partial charge in [0.1, 0.15) is 0 Å². The number of hydrogen-bond donors (Lipinski definition) is 3. The van der Waals surface area contributed by atoms with Crippen LogP contribution < -0.4 is 5.32 Å². The van der Waals surface area contributed by atoms with Crippen molar-refractivity contribution in [3.8, 4) is 0 Å². The van der Waals surface area contributed by atoms with Gasteiger partial charge in [0.05, 0.1) is 25.4 Å². The smallest absolute Gasteiger partial charge is 0.305 e. The summed E-state index contributed by atoms with van der Waals surface area (Å²) in [7, 11) is 0. The summed E-state index contributed by atoms with van der Waals surface area (Å²) in [5.74, 6) is -0.0185. The van der Waals surface area contributed by atoms with Crippen molar-refractivity contribution in [2.45, 2.75) is 424 Å². The standard InChI is InChI=1S/C72H141NO5/c1-3-5-7-9-11-13-15-17-18-19-20-21-28-31-34-37-41-44-48-52-56-60-64-70(75)69(68-74)73-71(76)65-61-57-53-49-45-42-38-35-32-29-26-24-22-23-25-27-30-33-36-39-43-47-51-55-59-63-67-78-72(77)66-62-58-54-50-46-40-16-14-12-10-8-6-4-2/h14,16,69-70,74-75H,3-13,15,17-68H2,1-2H3,(H,73,76)/b16-14-. The summed E-state index contributed by atoms with van der Waals surface area (Å²) in [5.41, 5.74) is 0. The molecule has 0 aliphatic carbocycles. The van der Waals surface area contributed by atoms with E-state index in [9.17, 15) is 19.8 Å². The second-order valence-corrected chi connectivity index (χ2v) is 24.9. The lowest BCUT2D eigenvalue weighted by atomic mass is 10.0. The first-order valence-corrected chi connectivity index (χ1v) is 35.9. The van der Waals surface area contributed by atoms with Gasteiger partial charge in [0.15, 0.2) is 0 Å². The van der Waals surface area contributed by atoms with Crippen molar-refractivity contribution in [1.82, 2.24) is 5.32 Å². The summed E-state index contributed by atoms with van der Waals surface area (Å²) in [6, 6.07) is -0.540. The molecular formula is C72H141NO5. The maximum absolute atomic E-state index is 12.6. The van der Waals surface area contributed by atoms with Crippen LogP contribution in [-0.4, -0.2) is 47.4 Å². The van der Waals surface area contributed by atoms with E-state index in [-0.39, 0.29) is 18.5 Å². The number of carbonyl (C=O) groups is 2. The summed E-state index contributed by atoms with van der Waals surface area (Å²) in [6.45, 7) is 4.98. The Balaban J connectivity index is 3.36. The number of hydrogen-bond acceptors (Lipinski definition) is 5. The highest BCUT2D eigenvalue weighted by Crippen LogP contribution is 2.19. The highest BCUT2D eigenvalue weighted by atomic mass is 16.5. The fourth-order valence-corrected chi connectivity index (χ4v) is 11.6. The van der Waals surface area contributed by atoms with Crippen molar-refractivity contribution < 1.29 is 24.5 Å². The third-order valence-electron chi connectivity index (χ3n) is 17.1. The first-order chi connectivity index (χ1) is 38.5. The molecular weight excluding hydrogens is 959 g/mol. The van der Waals surface area contributed by atoms with Crippen LogP contribution in [0.2, 0.25) is 0 Å². The molecule has 0 saturated heterocycles. The summed E-state index contributed by atoms with van der Waals surface area (Å²) < 4.78 is 5.48. The van der Waals surface area contributed by atoms with Gasteiger partial charge in [0, 0.05) is 12.8 Å². The van der Waals surface area contributed by atoms with Crippen LogP contribution in [0.5, 0.6) is 0 Å². The molecule has 0 spiro atoms. The van der Waals surface area contributed by atoms with E-state index in [2.05, 4.69) is 31.3 Å². The first kappa shape index (κ1) is 76.6. The van der Waals surface area contributed by atoms with Crippen LogP contribution >= 0.6 is 0 Å². The molecule has 2 atom stereocenters. The zero-order valence-corrected chi connectivity index (χ0v) is 53.2. The SMILES string of the molecule is CCCCCC/C=C\CCCCCCCC(=O)OCCCCCCCCCCCCCCCCCCCCCCCCCCCCC(=O)NC(CO)C(O)CCCCCCCCCCCCCCCCCCCCCCCC. The summed E-state index contributed by atoms with van der Waals surface area (Å²) in [6.07, 6.45) is 84.1. The Kier molecular flexibility index (Phi) is 66.9. The number of nitrogens with one attached hydrogen (secondary N) is 1. The summed E-state index contributed by atoms with van der Waals surface area (Å²) in [4.78, 5) is 24.6. The van der Waals surface area contributed by atoms with E-state index in [4.69, 9.17) is 4.74 Å². The molecule has 0 aromatic rings. The van der Waals surface area contributed by atoms with Gasteiger partial charge in [-0.25, -0.2) is 0 Å². The van der Waals surface area contributed by atoms with Gasteiger partial charge in [-0.1, -0.05) is 360 Å². The van der Waals surface area contributed by atoms with E-state index in [1.54, 1.807) is 0 Å². The number of amides is 1. The molecule has 1 amide bonds. The molecule has 0 radical (unpaired) electrons. The molecule has 0 rings (SSSR count). The second-order valence-electron chi connectivity index (χ2n) is 24.9. The number of rotatable bonds is 68. The number of esters is 1. The zero-order chi connectivity index (χ0) is 56.4. The molecule has 0 heterocycles. The molecule has 3 N–H and O–H groups in total. The Morgan fingerprint density at radius 1 is 0.346 bits per heavy atom. The van der Waals surface area contributed by atoms with Crippen LogP contribution in [0.1, 0.15) is 412 Å². The Labute approximate surface area is 489 Å². The number of aliphatic hydroxyl groups is 2. The highest BCUT2D eigenvalue weighted by Gasteiger charge is 2.20. The van der Waals surface area contributed by atoms with Crippen molar-refractivity contribution >= 4 is 11.9 Å². The van der Waals surface area contributed by atoms with Crippen molar-refractivity contribution in [3.05, 3.63) is 12.2 Å². The lowest BCUT2D eigenvalue weighted by Gasteiger charge is -2.22. The molecule has 78 heavy (non-hydrogen) atoms. The average Bonchev–Trinajstić information content (AvgIpc) is 3.44. The van der Waals surface area contributed by atoms with E-state index < -0.39 is 12.1 Å². The molecule has 6 heteroatoms. The number of aliphatic hydroxyl groups excluding tert-OH is 2. The fourth-order valence-electron chi connectivity index (χ4n) is 11.6. The van der Waals surface area contributed by atoms with Crippen molar-refractivity contribution in [2.24, 2.45) is 0 Å². The lowest BCUT2D eigenvalue weighted by molar-refractivity contribution is -0.143. The first-order valence-electron chi connectivity index (χ1n) is 35.9. The number of allylic oxidation sites excluding steroid dienone is 2. The average molecular weight is 1100 g/mol. The number of ether oxygens (including phenoxy) is 1. The molecule has 6 nitrogen and oxygen atoms in total. The molecule has 464 valence electrons. The van der Waals surface area contributed by atoms with E-state index >= 15 is 0 Å². The van der Waals surface area contributed by atoms with E-state index in [1.165, 1.54) is 334 Å². The topological polar surface area (TPSA) is 95.9 Å². The van der Waals surface area contributed by atoms with Crippen molar-refractivity contribution in [2.75, 3.05) is 13.2 Å². The highest BCUT2D eigenvalue weighted by molar-refractivity contribution is 5.76. The molecule has 0 aromatic carbocycles. The van der Waals surface area contributed by atoms with Gasteiger partial charge in [-0.05, 0) is 51.4 Å². The lowest BCUT2D eigenvalue weighted by Crippen LogP contribution is -2.45. The second kappa shape index (κ2) is 68.1. The van der Waals surface area contributed by atoms with Crippen LogP contribution in [0.25, 0.3) is 0 Å². The Hall–Kier alpha value is -1.40. The molecule has 0 aliphatic rings. The normalized spacial score (nSPS) is 12.5. The summed E-state index contributed by atoms with van der Waals surface area (Å²) in [5, 5.41) is 23.4. The Morgan fingerprint density at radius 2 is 0.603 bits per heavy atom. The molecule has 0 fully saturated rings. The van der Waals surface area contributed by atoms with Crippen LogP contribution in [-0.2, 0) is 14.3 Å². The van der Waals surface area contributed by atoms with Gasteiger partial charge >= 0.3 is 5.97 Å². The molecule has 0 aliphatic heterocycles. The van der Waals surface area contributed by atoms with Crippen LogP contribution in [0.4, 0.5) is 0 Å². The molecule has 0 saturated carbocycles. The summed E-state index contributed by atoms with van der Waals surface area (Å²) >= 11 is 0. The largest absolute Gasteiger partial charge is 0.466 e. The van der Waals surface area contributed by atoms with E-state index in [1.807, 2.05) is 0 Å². The molecule has 2 unspecified atom stereocenters. The third kappa shape index (κ3) is 63.8. The number of carbonyl (C=O) groups excluding carboxylic acids is 2. The van der Waals surface area contributed by atoms with Crippen molar-refractivity contribution in [1.29, 1.82) is 0 Å². The van der Waals surface area contributed by atoms with Gasteiger partial charge < -0.3 is 20.3 Å². The van der Waals surface area contributed by atoms with Gasteiger partial charge in [-0.2, -0.15) is 0 Å². The van der Waals surface area contributed by atoms with Gasteiger partial charge in [-0.15, -0.1) is 0 Å². The molecule has 0 aromatic heterocycles. The quantitative estimate of drug-likeness (QED) is 0.0320. The van der Waals surface area contributed by atoms with Gasteiger partial charge in [-0.3, -0.25) is 9.59 Å². The van der Waals surface area contributed by atoms with E-state index in [0.29, 0.717) is 25.9 Å². The van der Waals surface area contributed by atoms with Gasteiger partial charge in [0.25, 0.3) is 0 Å². The minimum Gasteiger partial charge on any atom is -0.466 e. The maximum atomic E-state index is 12.6. The predicted octanol–water partition coefficient (Wildman–Crippen LogP) is 23.1. The third-order valence-corrected chi connectivity index (χ3v) is 17.1. The fraction of sp³-hybridized carbons (Fsp3) is 0.944. The van der Waals surface area contributed by atoms with Crippen LogP contribution in [0.15, 0.2) is 12.2 Å². The van der Waals surface area contributed by atoms with E-state index in [0.717, 1.165) is 44.9 Å². The number of unbranched alkanes of at least 4 members (excludes halogenated alkanes) is 55. The van der Waals surface area contributed by atoms with Crippen LogP contribution in [0.3, 0.4) is 0 Å². The maximum Gasteiger partial charge on any atom is 0.305 e. The minimum atomic E-state index is -0.663. The minimum absolute atomic E-state index is 0.00910. The Morgan fingerprint density at radius 3 is 0.923 bits per heavy atom. The Bertz CT molecular complexity index is 1180.